The van der Waals surface area contributed by atoms with Gasteiger partial charge in [0.25, 0.3) is 0 Å². The molecule has 3 aliphatic heterocycles. The number of aliphatic hydroxyl groups is 1. The number of piperidine rings is 1. The first-order chi connectivity index (χ1) is 12.6. The maximum atomic E-state index is 12.7. The SMILES string of the molecule is CCCC[N+]1(C)[C@@H]2C[C@H](OC(=O)[C@H](CO)c3ccccc3)C[C@H]1[C@@H]1O[C@@H]12. The van der Waals surface area contributed by atoms with Crippen molar-refractivity contribution in [2.24, 2.45) is 0 Å². The number of carbonyl (C=O) groups is 1. The predicted molar refractivity (Wildman–Crippen MR) is 97.6 cm³/mol. The molecule has 26 heavy (non-hydrogen) atoms. The van der Waals surface area contributed by atoms with E-state index in [0.29, 0.717) is 24.3 Å². The summed E-state index contributed by atoms with van der Waals surface area (Å²) in [5.41, 5.74) is 0.813. The van der Waals surface area contributed by atoms with E-state index in [2.05, 4.69) is 14.0 Å². The van der Waals surface area contributed by atoms with E-state index in [1.54, 1.807) is 0 Å². The second kappa shape index (κ2) is 6.95. The van der Waals surface area contributed by atoms with Crippen LogP contribution in [0.25, 0.3) is 0 Å². The van der Waals surface area contributed by atoms with Gasteiger partial charge >= 0.3 is 5.97 Å². The highest BCUT2D eigenvalue weighted by Gasteiger charge is 2.71. The first-order valence-electron chi connectivity index (χ1n) is 9.95. The summed E-state index contributed by atoms with van der Waals surface area (Å²) in [5, 5.41) is 9.70. The highest BCUT2D eigenvalue weighted by atomic mass is 16.6. The van der Waals surface area contributed by atoms with E-state index >= 15 is 0 Å². The molecule has 0 radical (unpaired) electrons. The molecule has 0 aliphatic carbocycles. The summed E-state index contributed by atoms with van der Waals surface area (Å²) in [6, 6.07) is 10.3. The summed E-state index contributed by atoms with van der Waals surface area (Å²) in [6.45, 7) is 3.20. The maximum Gasteiger partial charge on any atom is 0.316 e. The number of morpholine rings is 1. The first kappa shape index (κ1) is 18.0. The van der Waals surface area contributed by atoms with Crippen LogP contribution in [0.1, 0.15) is 44.1 Å². The Bertz CT molecular complexity index is 631. The molecule has 3 aliphatic rings. The summed E-state index contributed by atoms with van der Waals surface area (Å²) < 4.78 is 12.9. The first-order valence-corrected chi connectivity index (χ1v) is 9.95. The minimum Gasteiger partial charge on any atom is -0.461 e. The molecule has 3 heterocycles. The number of hydrogen-bond acceptors (Lipinski definition) is 4. The second-order valence-corrected chi connectivity index (χ2v) is 8.30. The zero-order chi connectivity index (χ0) is 18.3. The zero-order valence-corrected chi connectivity index (χ0v) is 15.7. The Morgan fingerprint density at radius 3 is 2.50 bits per heavy atom. The number of carbonyl (C=O) groups excluding carboxylic acids is 1. The van der Waals surface area contributed by atoms with Gasteiger partial charge in [-0.05, 0) is 12.0 Å². The van der Waals surface area contributed by atoms with Gasteiger partial charge in [-0.15, -0.1) is 0 Å². The van der Waals surface area contributed by atoms with E-state index in [0.717, 1.165) is 22.9 Å². The average molecular weight is 360 g/mol. The number of likely N-dealkylation sites (N-methyl/N-ethyl adjacent to an activating group) is 1. The molecule has 7 atom stereocenters. The summed E-state index contributed by atoms with van der Waals surface area (Å²) in [6.07, 6.45) is 4.83. The van der Waals surface area contributed by atoms with Crippen LogP contribution in [0, 0.1) is 0 Å². The third-order valence-electron chi connectivity index (χ3n) is 6.79. The molecule has 0 spiro atoms. The number of hydrogen-bond donors (Lipinski definition) is 1. The molecule has 1 aromatic rings. The number of nitrogens with zero attached hydrogens (tertiary/aromatic N) is 1. The third-order valence-corrected chi connectivity index (χ3v) is 6.79. The molecule has 0 aromatic heterocycles. The number of quaternary nitrogens is 1. The van der Waals surface area contributed by atoms with E-state index in [1.807, 2.05) is 30.3 Å². The molecular weight excluding hydrogens is 330 g/mol. The Morgan fingerprint density at radius 2 is 1.92 bits per heavy atom. The molecule has 3 fully saturated rings. The summed E-state index contributed by atoms with van der Waals surface area (Å²) in [5.74, 6) is -0.898. The zero-order valence-electron chi connectivity index (χ0n) is 15.7. The monoisotopic (exact) mass is 360 g/mol. The van der Waals surface area contributed by atoms with Gasteiger partial charge in [0.15, 0.2) is 0 Å². The van der Waals surface area contributed by atoms with E-state index in [1.165, 1.54) is 19.4 Å². The Morgan fingerprint density at radius 1 is 1.27 bits per heavy atom. The number of aliphatic hydroxyl groups excluding tert-OH is 1. The largest absolute Gasteiger partial charge is 0.461 e. The lowest BCUT2D eigenvalue weighted by molar-refractivity contribution is -0.956. The van der Waals surface area contributed by atoms with Gasteiger partial charge in [-0.1, -0.05) is 43.7 Å². The molecule has 2 bridgehead atoms. The lowest BCUT2D eigenvalue weighted by Crippen LogP contribution is -2.62. The molecule has 4 rings (SSSR count). The van der Waals surface area contributed by atoms with Crippen LogP contribution in [0.4, 0.5) is 0 Å². The van der Waals surface area contributed by atoms with Crippen molar-refractivity contribution in [3.8, 4) is 0 Å². The molecular formula is C21H30NO4+. The quantitative estimate of drug-likeness (QED) is 0.460. The van der Waals surface area contributed by atoms with Crippen LogP contribution in [0.2, 0.25) is 0 Å². The summed E-state index contributed by atoms with van der Waals surface area (Å²) in [7, 11) is 2.36. The number of epoxide rings is 1. The Kier molecular flexibility index (Phi) is 4.80. The van der Waals surface area contributed by atoms with Crippen molar-refractivity contribution in [3.63, 3.8) is 0 Å². The topological polar surface area (TPSA) is 59.1 Å². The molecule has 1 aromatic carbocycles. The van der Waals surface area contributed by atoms with Gasteiger partial charge in [-0.2, -0.15) is 0 Å². The van der Waals surface area contributed by atoms with Crippen LogP contribution in [0.3, 0.4) is 0 Å². The lowest BCUT2D eigenvalue weighted by atomic mass is 9.94. The van der Waals surface area contributed by atoms with Crippen molar-refractivity contribution in [3.05, 3.63) is 35.9 Å². The molecule has 1 unspecified atom stereocenters. The summed E-state index contributed by atoms with van der Waals surface area (Å²) in [4.78, 5) is 12.7. The van der Waals surface area contributed by atoms with Crippen LogP contribution in [-0.4, -0.2) is 66.2 Å². The Hall–Kier alpha value is -1.43. The molecule has 3 saturated heterocycles. The number of ether oxygens (including phenoxy) is 2. The van der Waals surface area contributed by atoms with Crippen molar-refractivity contribution in [1.29, 1.82) is 0 Å². The van der Waals surface area contributed by atoms with Crippen LogP contribution >= 0.6 is 0 Å². The van der Waals surface area contributed by atoms with Gasteiger partial charge in [0, 0.05) is 12.8 Å². The van der Waals surface area contributed by atoms with Crippen molar-refractivity contribution in [2.45, 2.75) is 68.9 Å². The highest BCUT2D eigenvalue weighted by molar-refractivity contribution is 5.78. The van der Waals surface area contributed by atoms with Gasteiger partial charge in [-0.3, -0.25) is 4.79 Å². The lowest BCUT2D eigenvalue weighted by Gasteiger charge is -2.48. The van der Waals surface area contributed by atoms with Crippen molar-refractivity contribution in [1.82, 2.24) is 0 Å². The van der Waals surface area contributed by atoms with Crippen LogP contribution < -0.4 is 0 Å². The molecule has 1 N–H and O–H groups in total. The number of esters is 1. The number of benzene rings is 1. The summed E-state index contributed by atoms with van der Waals surface area (Å²) >= 11 is 0. The predicted octanol–water partition coefficient (Wildman–Crippen LogP) is 2.23. The van der Waals surface area contributed by atoms with Gasteiger partial charge in [0.05, 0.1) is 20.2 Å². The van der Waals surface area contributed by atoms with Gasteiger partial charge in [-0.25, -0.2) is 0 Å². The fourth-order valence-corrected chi connectivity index (χ4v) is 5.23. The van der Waals surface area contributed by atoms with Crippen molar-refractivity contribution >= 4 is 5.97 Å². The second-order valence-electron chi connectivity index (χ2n) is 8.30. The number of fused-ring (bicyclic) bond motifs is 5. The normalized spacial score (nSPS) is 38.5. The van der Waals surface area contributed by atoms with Gasteiger partial charge in [0.1, 0.15) is 36.3 Å². The van der Waals surface area contributed by atoms with Crippen molar-refractivity contribution in [2.75, 3.05) is 20.2 Å². The minimum absolute atomic E-state index is 0.0560. The van der Waals surface area contributed by atoms with E-state index < -0.39 is 5.92 Å². The van der Waals surface area contributed by atoms with Crippen molar-refractivity contribution < 1.29 is 23.9 Å². The maximum absolute atomic E-state index is 12.7. The highest BCUT2D eigenvalue weighted by Crippen LogP contribution is 2.52. The molecule has 0 amide bonds. The minimum atomic E-state index is -0.595. The molecule has 5 nitrogen and oxygen atoms in total. The number of rotatable bonds is 7. The van der Waals surface area contributed by atoms with Crippen LogP contribution in [0.5, 0.6) is 0 Å². The van der Waals surface area contributed by atoms with Gasteiger partial charge < -0.3 is 19.1 Å². The van der Waals surface area contributed by atoms with E-state index in [9.17, 15) is 9.90 Å². The number of unbranched alkanes of at least 4 members (excludes halogenated alkanes) is 1. The third kappa shape index (κ3) is 2.96. The van der Waals surface area contributed by atoms with Gasteiger partial charge in [0.2, 0.25) is 0 Å². The molecule has 0 saturated carbocycles. The van der Waals surface area contributed by atoms with Crippen LogP contribution in [-0.2, 0) is 14.3 Å². The van der Waals surface area contributed by atoms with Crippen LogP contribution in [0.15, 0.2) is 30.3 Å². The Balaban J connectivity index is 1.42. The molecule has 5 heteroatoms. The smallest absolute Gasteiger partial charge is 0.316 e. The fourth-order valence-electron chi connectivity index (χ4n) is 5.23. The van der Waals surface area contributed by atoms with E-state index in [-0.39, 0.29) is 18.7 Å². The average Bonchev–Trinajstić information content (AvgIpc) is 3.40. The Labute approximate surface area is 155 Å². The van der Waals surface area contributed by atoms with E-state index in [4.69, 9.17) is 9.47 Å². The molecule has 142 valence electrons. The fraction of sp³-hybridized carbons (Fsp3) is 0.667. The standard InChI is InChI=1S/C21H30NO4/c1-3-4-10-22(2)17-11-15(12-18(22)20-19(17)26-20)25-21(24)16(13-23)14-8-6-5-7-9-14/h5-9,15-20,23H,3-4,10-13H2,1-2H3/q+1/t15-,16-,17+,18-,19+,20-,22?/m1/s1.